The van der Waals surface area contributed by atoms with E-state index in [0.717, 1.165) is 17.0 Å². The number of H-pyrrole nitrogens is 1. The quantitative estimate of drug-likeness (QED) is 0.728. The molecule has 0 radical (unpaired) electrons. The van der Waals surface area contributed by atoms with E-state index < -0.39 is 5.60 Å². The average molecular weight is 267 g/mol. The van der Waals surface area contributed by atoms with Crippen molar-refractivity contribution in [3.63, 3.8) is 0 Å². The number of aromatic nitrogens is 2. The topological polar surface area (TPSA) is 87.2 Å². The number of amides is 1. The number of nitrogens with zero attached hydrogens (tertiary/aromatic N) is 1. The predicted octanol–water partition coefficient (Wildman–Crippen LogP) is 0.227. The first-order chi connectivity index (χ1) is 9.00. The van der Waals surface area contributed by atoms with Crippen molar-refractivity contribution in [3.05, 3.63) is 17.0 Å². The third-order valence-corrected chi connectivity index (χ3v) is 3.66. The van der Waals surface area contributed by atoms with Crippen molar-refractivity contribution in [1.82, 2.24) is 15.5 Å². The number of aromatic amines is 1. The van der Waals surface area contributed by atoms with E-state index in [0.29, 0.717) is 32.5 Å². The lowest BCUT2D eigenvalue weighted by atomic mass is 9.94. The molecule has 0 unspecified atom stereocenters. The highest BCUT2D eigenvalue weighted by molar-refractivity contribution is 5.79. The van der Waals surface area contributed by atoms with Gasteiger partial charge in [0.15, 0.2) is 0 Å². The standard InChI is InChI=1S/C13H21N3O3/c1-9-11(10(2)16-15-9)7-12(17)14-8-13(18)3-5-19-6-4-13/h18H,3-8H2,1-2H3,(H,14,17)(H,15,16). The molecule has 1 aromatic heterocycles. The summed E-state index contributed by atoms with van der Waals surface area (Å²) in [5.74, 6) is -0.0903. The molecule has 1 aliphatic rings. The molecule has 0 aliphatic carbocycles. The van der Waals surface area contributed by atoms with Crippen LogP contribution in [0.2, 0.25) is 0 Å². The summed E-state index contributed by atoms with van der Waals surface area (Å²) in [5, 5.41) is 20.0. The van der Waals surface area contributed by atoms with Crippen LogP contribution in [0.1, 0.15) is 29.8 Å². The molecule has 0 aromatic carbocycles. The van der Waals surface area contributed by atoms with Gasteiger partial charge in [0.2, 0.25) is 5.91 Å². The van der Waals surface area contributed by atoms with Gasteiger partial charge >= 0.3 is 0 Å². The molecule has 0 saturated carbocycles. The first kappa shape index (κ1) is 14.0. The van der Waals surface area contributed by atoms with Gasteiger partial charge in [0.1, 0.15) is 0 Å². The fourth-order valence-electron chi connectivity index (χ4n) is 2.25. The van der Waals surface area contributed by atoms with Gasteiger partial charge in [-0.05, 0) is 13.8 Å². The van der Waals surface area contributed by atoms with Crippen molar-refractivity contribution in [3.8, 4) is 0 Å². The second-order valence-corrected chi connectivity index (χ2v) is 5.20. The summed E-state index contributed by atoms with van der Waals surface area (Å²) in [4.78, 5) is 11.9. The summed E-state index contributed by atoms with van der Waals surface area (Å²) in [6.45, 7) is 5.15. The van der Waals surface area contributed by atoms with Crippen molar-refractivity contribution in [2.75, 3.05) is 19.8 Å². The molecule has 1 saturated heterocycles. The Kier molecular flexibility index (Phi) is 4.21. The molecule has 3 N–H and O–H groups in total. The van der Waals surface area contributed by atoms with E-state index >= 15 is 0 Å². The Hall–Kier alpha value is -1.40. The lowest BCUT2D eigenvalue weighted by Crippen LogP contribution is -2.47. The SMILES string of the molecule is Cc1n[nH]c(C)c1CC(=O)NCC1(O)CCOCC1. The van der Waals surface area contributed by atoms with Gasteiger partial charge in [0.25, 0.3) is 0 Å². The molecule has 1 amide bonds. The minimum absolute atomic E-state index is 0.0903. The van der Waals surface area contributed by atoms with Crippen LogP contribution in [-0.4, -0.2) is 46.6 Å². The second-order valence-electron chi connectivity index (χ2n) is 5.20. The first-order valence-electron chi connectivity index (χ1n) is 6.57. The molecule has 6 heteroatoms. The molecule has 2 rings (SSSR count). The molecular formula is C13H21N3O3. The Morgan fingerprint density at radius 1 is 1.47 bits per heavy atom. The largest absolute Gasteiger partial charge is 0.388 e. The minimum Gasteiger partial charge on any atom is -0.388 e. The molecule has 0 atom stereocenters. The van der Waals surface area contributed by atoms with E-state index in [-0.39, 0.29) is 12.5 Å². The van der Waals surface area contributed by atoms with E-state index in [1.165, 1.54) is 0 Å². The van der Waals surface area contributed by atoms with E-state index in [9.17, 15) is 9.90 Å². The van der Waals surface area contributed by atoms with Gasteiger partial charge in [-0.3, -0.25) is 9.89 Å². The molecule has 2 heterocycles. The Morgan fingerprint density at radius 3 is 2.74 bits per heavy atom. The molecule has 0 spiro atoms. The van der Waals surface area contributed by atoms with Gasteiger partial charge in [-0.15, -0.1) is 0 Å². The third-order valence-electron chi connectivity index (χ3n) is 3.66. The average Bonchev–Trinajstić information content (AvgIpc) is 2.69. The van der Waals surface area contributed by atoms with Crippen LogP contribution in [0.15, 0.2) is 0 Å². The van der Waals surface area contributed by atoms with Crippen LogP contribution in [0.3, 0.4) is 0 Å². The summed E-state index contributed by atoms with van der Waals surface area (Å²) in [6.07, 6.45) is 1.43. The van der Waals surface area contributed by atoms with Crippen molar-refractivity contribution in [1.29, 1.82) is 0 Å². The Balaban J connectivity index is 1.85. The highest BCUT2D eigenvalue weighted by atomic mass is 16.5. The number of hydrogen-bond acceptors (Lipinski definition) is 4. The molecule has 1 aromatic rings. The van der Waals surface area contributed by atoms with Gasteiger partial charge in [-0.2, -0.15) is 5.10 Å². The van der Waals surface area contributed by atoms with Crippen LogP contribution < -0.4 is 5.32 Å². The number of carbonyl (C=O) groups is 1. The van der Waals surface area contributed by atoms with Crippen molar-refractivity contribution >= 4 is 5.91 Å². The van der Waals surface area contributed by atoms with E-state index in [1.807, 2.05) is 13.8 Å². The molecule has 0 bridgehead atoms. The number of carbonyl (C=O) groups excluding carboxylic acids is 1. The normalized spacial score (nSPS) is 18.3. The maximum atomic E-state index is 11.9. The zero-order valence-electron chi connectivity index (χ0n) is 11.5. The number of rotatable bonds is 4. The highest BCUT2D eigenvalue weighted by Gasteiger charge is 2.30. The Bertz CT molecular complexity index is 430. The molecule has 19 heavy (non-hydrogen) atoms. The Labute approximate surface area is 112 Å². The van der Waals surface area contributed by atoms with Gasteiger partial charge < -0.3 is 15.2 Å². The first-order valence-corrected chi connectivity index (χ1v) is 6.57. The van der Waals surface area contributed by atoms with Crippen LogP contribution in [-0.2, 0) is 16.0 Å². The zero-order chi connectivity index (χ0) is 13.9. The lowest BCUT2D eigenvalue weighted by Gasteiger charge is -2.32. The number of aryl methyl sites for hydroxylation is 2. The van der Waals surface area contributed by atoms with Gasteiger partial charge in [-0.1, -0.05) is 0 Å². The zero-order valence-corrected chi connectivity index (χ0v) is 11.5. The summed E-state index contributed by atoms with van der Waals surface area (Å²) in [7, 11) is 0. The Morgan fingerprint density at radius 2 is 2.16 bits per heavy atom. The molecule has 1 aliphatic heterocycles. The minimum atomic E-state index is -0.825. The molecule has 1 fully saturated rings. The summed E-state index contributed by atoms with van der Waals surface area (Å²) in [5.41, 5.74) is 1.86. The number of ether oxygens (including phenoxy) is 1. The third kappa shape index (κ3) is 3.54. The van der Waals surface area contributed by atoms with Crippen LogP contribution >= 0.6 is 0 Å². The van der Waals surface area contributed by atoms with E-state index in [4.69, 9.17) is 4.74 Å². The van der Waals surface area contributed by atoms with E-state index in [1.54, 1.807) is 0 Å². The molecular weight excluding hydrogens is 246 g/mol. The van der Waals surface area contributed by atoms with Crippen LogP contribution in [0.25, 0.3) is 0 Å². The maximum absolute atomic E-state index is 11.9. The number of hydrogen-bond donors (Lipinski definition) is 3. The number of aliphatic hydroxyl groups is 1. The highest BCUT2D eigenvalue weighted by Crippen LogP contribution is 2.19. The van der Waals surface area contributed by atoms with Crippen molar-refractivity contribution < 1.29 is 14.6 Å². The monoisotopic (exact) mass is 267 g/mol. The maximum Gasteiger partial charge on any atom is 0.224 e. The van der Waals surface area contributed by atoms with Crippen LogP contribution in [0.5, 0.6) is 0 Å². The van der Waals surface area contributed by atoms with Gasteiger partial charge in [0.05, 0.1) is 17.7 Å². The fourth-order valence-corrected chi connectivity index (χ4v) is 2.25. The van der Waals surface area contributed by atoms with Crippen LogP contribution in [0.4, 0.5) is 0 Å². The van der Waals surface area contributed by atoms with E-state index in [2.05, 4.69) is 15.5 Å². The molecule has 106 valence electrons. The van der Waals surface area contributed by atoms with Gasteiger partial charge in [0, 0.05) is 43.9 Å². The summed E-state index contributed by atoms with van der Waals surface area (Å²) >= 11 is 0. The van der Waals surface area contributed by atoms with Crippen molar-refractivity contribution in [2.24, 2.45) is 0 Å². The predicted molar refractivity (Wildman–Crippen MR) is 69.8 cm³/mol. The van der Waals surface area contributed by atoms with Crippen LogP contribution in [0, 0.1) is 13.8 Å². The summed E-state index contributed by atoms with van der Waals surface area (Å²) < 4.78 is 5.20. The lowest BCUT2D eigenvalue weighted by molar-refractivity contribution is -0.123. The second kappa shape index (κ2) is 5.71. The smallest absolute Gasteiger partial charge is 0.224 e. The fraction of sp³-hybridized carbons (Fsp3) is 0.692. The molecule has 6 nitrogen and oxygen atoms in total. The van der Waals surface area contributed by atoms with Gasteiger partial charge in [-0.25, -0.2) is 0 Å². The van der Waals surface area contributed by atoms with Crippen molar-refractivity contribution in [2.45, 2.75) is 38.7 Å². The number of nitrogens with one attached hydrogen (secondary N) is 2. The summed E-state index contributed by atoms with van der Waals surface area (Å²) in [6, 6.07) is 0.